The molecule has 0 spiro atoms. The highest BCUT2D eigenvalue weighted by Gasteiger charge is 2.14. The van der Waals surface area contributed by atoms with Crippen LogP contribution in [0, 0.1) is 0 Å². The number of nitrogens with two attached hydrogens (primary N) is 1. The second-order valence-corrected chi connectivity index (χ2v) is 5.02. The highest BCUT2D eigenvalue weighted by molar-refractivity contribution is 6.35. The van der Waals surface area contributed by atoms with Crippen molar-refractivity contribution in [1.29, 1.82) is 0 Å². The highest BCUT2D eigenvalue weighted by atomic mass is 35.5. The third-order valence-electron chi connectivity index (χ3n) is 2.84. The van der Waals surface area contributed by atoms with E-state index in [1.165, 1.54) is 0 Å². The zero-order valence-electron chi connectivity index (χ0n) is 10.4. The Morgan fingerprint density at radius 2 is 2.16 bits per heavy atom. The van der Waals surface area contributed by atoms with E-state index >= 15 is 0 Å². The Morgan fingerprint density at radius 1 is 1.37 bits per heavy atom. The number of methoxy groups -OCH3 is 1. The van der Waals surface area contributed by atoms with Gasteiger partial charge in [-0.1, -0.05) is 29.3 Å². The summed E-state index contributed by atoms with van der Waals surface area (Å²) in [5.74, 6) is 0.616. The maximum Gasteiger partial charge on any atom is 0.140 e. The molecule has 19 heavy (non-hydrogen) atoms. The van der Waals surface area contributed by atoms with Gasteiger partial charge in [0, 0.05) is 23.5 Å². The minimum atomic E-state index is -0.183. The van der Waals surface area contributed by atoms with Gasteiger partial charge in [-0.25, -0.2) is 0 Å². The molecule has 0 saturated carbocycles. The van der Waals surface area contributed by atoms with Gasteiger partial charge in [0.1, 0.15) is 5.75 Å². The summed E-state index contributed by atoms with van der Waals surface area (Å²) in [6.07, 6.45) is 4.05. The van der Waals surface area contributed by atoms with E-state index in [4.69, 9.17) is 33.7 Å². The third kappa shape index (κ3) is 3.38. The van der Waals surface area contributed by atoms with Crippen molar-refractivity contribution < 1.29 is 4.74 Å². The van der Waals surface area contributed by atoms with Crippen LogP contribution in [-0.2, 0) is 6.42 Å². The lowest BCUT2D eigenvalue weighted by molar-refractivity contribution is 0.408. The van der Waals surface area contributed by atoms with Crippen molar-refractivity contribution in [3.05, 3.63) is 57.8 Å². The predicted molar refractivity (Wildman–Crippen MR) is 77.9 cm³/mol. The van der Waals surface area contributed by atoms with Gasteiger partial charge in [0.15, 0.2) is 0 Å². The maximum absolute atomic E-state index is 6.17. The Balaban J connectivity index is 2.28. The van der Waals surface area contributed by atoms with Crippen molar-refractivity contribution >= 4 is 23.2 Å². The van der Waals surface area contributed by atoms with Gasteiger partial charge in [-0.15, -0.1) is 0 Å². The minimum Gasteiger partial charge on any atom is -0.495 e. The Kier molecular flexibility index (Phi) is 4.64. The van der Waals surface area contributed by atoms with E-state index in [2.05, 4.69) is 4.98 Å². The van der Waals surface area contributed by atoms with Crippen LogP contribution in [0.1, 0.15) is 17.2 Å². The number of nitrogens with zero attached hydrogens (tertiary/aromatic N) is 1. The van der Waals surface area contributed by atoms with E-state index in [1.54, 1.807) is 25.6 Å². The molecule has 0 fully saturated rings. The predicted octanol–water partition coefficient (Wildman–Crippen LogP) is 3.64. The lowest BCUT2D eigenvalue weighted by atomic mass is 10.0. The van der Waals surface area contributed by atoms with Crippen molar-refractivity contribution in [2.45, 2.75) is 12.5 Å². The molecule has 1 atom stereocenters. The molecule has 0 radical (unpaired) electrons. The molecule has 0 saturated heterocycles. The topological polar surface area (TPSA) is 48.1 Å². The first kappa shape index (κ1) is 14.1. The summed E-state index contributed by atoms with van der Waals surface area (Å²) in [5.41, 5.74) is 8.01. The monoisotopic (exact) mass is 296 g/mol. The van der Waals surface area contributed by atoms with E-state index in [1.807, 2.05) is 18.2 Å². The Labute approximate surface area is 122 Å². The molecule has 5 heteroatoms. The zero-order valence-corrected chi connectivity index (χ0v) is 11.9. The van der Waals surface area contributed by atoms with Crippen molar-refractivity contribution in [3.63, 3.8) is 0 Å². The SMILES string of the molecule is COc1c(Cl)cc(Cl)cc1CC(N)c1cccnc1. The fourth-order valence-corrected chi connectivity index (χ4v) is 2.56. The molecule has 1 aromatic carbocycles. The molecule has 1 unspecified atom stereocenters. The molecule has 1 heterocycles. The number of pyridine rings is 1. The van der Waals surface area contributed by atoms with Crippen molar-refractivity contribution in [3.8, 4) is 5.75 Å². The fourth-order valence-electron chi connectivity index (χ4n) is 1.94. The van der Waals surface area contributed by atoms with Crippen molar-refractivity contribution in [2.24, 2.45) is 5.73 Å². The Morgan fingerprint density at radius 3 is 2.79 bits per heavy atom. The van der Waals surface area contributed by atoms with Crippen LogP contribution in [0.25, 0.3) is 0 Å². The second kappa shape index (κ2) is 6.24. The lowest BCUT2D eigenvalue weighted by Crippen LogP contribution is -2.14. The quantitative estimate of drug-likeness (QED) is 0.937. The van der Waals surface area contributed by atoms with Gasteiger partial charge in [0.2, 0.25) is 0 Å². The van der Waals surface area contributed by atoms with Crippen molar-refractivity contribution in [2.75, 3.05) is 7.11 Å². The van der Waals surface area contributed by atoms with Crippen LogP contribution >= 0.6 is 23.2 Å². The van der Waals surface area contributed by atoms with E-state index in [0.29, 0.717) is 22.2 Å². The summed E-state index contributed by atoms with van der Waals surface area (Å²) in [5, 5.41) is 1.06. The average Bonchev–Trinajstić information content (AvgIpc) is 2.39. The zero-order chi connectivity index (χ0) is 13.8. The molecule has 2 N–H and O–H groups in total. The van der Waals surface area contributed by atoms with Gasteiger partial charge in [-0.05, 0) is 35.7 Å². The third-order valence-corrected chi connectivity index (χ3v) is 3.34. The molecule has 0 bridgehead atoms. The smallest absolute Gasteiger partial charge is 0.140 e. The minimum absolute atomic E-state index is 0.183. The molecule has 0 aliphatic rings. The normalized spacial score (nSPS) is 12.2. The maximum atomic E-state index is 6.17. The number of benzene rings is 1. The fraction of sp³-hybridized carbons (Fsp3) is 0.214. The second-order valence-electron chi connectivity index (χ2n) is 4.18. The summed E-state index contributed by atoms with van der Waals surface area (Å²) in [6.45, 7) is 0. The molecule has 0 aliphatic heterocycles. The van der Waals surface area contributed by atoms with Crippen LogP contribution in [0.15, 0.2) is 36.7 Å². The standard InChI is InChI=1S/C14H14Cl2N2O/c1-19-14-10(5-11(15)7-12(14)16)6-13(17)9-3-2-4-18-8-9/h2-5,7-8,13H,6,17H2,1H3. The number of halogens is 2. The average molecular weight is 297 g/mol. The van der Waals surface area contributed by atoms with Gasteiger partial charge in [0.25, 0.3) is 0 Å². The number of ether oxygens (including phenoxy) is 1. The lowest BCUT2D eigenvalue weighted by Gasteiger charge is -2.15. The summed E-state index contributed by atoms with van der Waals surface area (Å²) in [7, 11) is 1.58. The number of aromatic nitrogens is 1. The van der Waals surface area contributed by atoms with Gasteiger partial charge in [0.05, 0.1) is 12.1 Å². The van der Waals surface area contributed by atoms with Gasteiger partial charge < -0.3 is 10.5 Å². The number of rotatable bonds is 4. The molecular weight excluding hydrogens is 283 g/mol. The summed E-state index contributed by atoms with van der Waals surface area (Å²) in [4.78, 5) is 4.06. The Hall–Kier alpha value is -1.29. The molecule has 2 aromatic rings. The van der Waals surface area contributed by atoms with Crippen LogP contribution in [0.3, 0.4) is 0 Å². The molecule has 0 aliphatic carbocycles. The molecule has 3 nitrogen and oxygen atoms in total. The van der Waals surface area contributed by atoms with Crippen LogP contribution in [0.5, 0.6) is 5.75 Å². The molecular formula is C14H14Cl2N2O. The summed E-state index contributed by atoms with van der Waals surface area (Å²) >= 11 is 12.1. The first-order chi connectivity index (χ1) is 9.11. The van der Waals surface area contributed by atoms with E-state index in [0.717, 1.165) is 11.1 Å². The first-order valence-electron chi connectivity index (χ1n) is 5.79. The largest absolute Gasteiger partial charge is 0.495 e. The Bertz CT molecular complexity index is 561. The van der Waals surface area contributed by atoms with Crippen molar-refractivity contribution in [1.82, 2.24) is 4.98 Å². The number of hydrogen-bond donors (Lipinski definition) is 1. The number of hydrogen-bond acceptors (Lipinski definition) is 3. The van der Waals surface area contributed by atoms with Crippen LogP contribution in [0.2, 0.25) is 10.0 Å². The summed E-state index contributed by atoms with van der Waals surface area (Å²) in [6, 6.07) is 7.09. The molecule has 0 amide bonds. The molecule has 2 rings (SSSR count). The van der Waals surface area contributed by atoms with E-state index < -0.39 is 0 Å². The highest BCUT2D eigenvalue weighted by Crippen LogP contribution is 2.34. The summed E-state index contributed by atoms with van der Waals surface area (Å²) < 4.78 is 5.31. The van der Waals surface area contributed by atoms with Gasteiger partial charge in [-0.3, -0.25) is 4.98 Å². The molecule has 1 aromatic heterocycles. The van der Waals surface area contributed by atoms with Gasteiger partial charge >= 0.3 is 0 Å². The first-order valence-corrected chi connectivity index (χ1v) is 6.55. The van der Waals surface area contributed by atoms with Gasteiger partial charge in [-0.2, -0.15) is 0 Å². The van der Waals surface area contributed by atoms with E-state index in [9.17, 15) is 0 Å². The molecule has 100 valence electrons. The van der Waals surface area contributed by atoms with E-state index in [-0.39, 0.29) is 6.04 Å². The van der Waals surface area contributed by atoms with Crippen LogP contribution < -0.4 is 10.5 Å². The van der Waals surface area contributed by atoms with Crippen LogP contribution in [0.4, 0.5) is 0 Å². The van der Waals surface area contributed by atoms with Crippen LogP contribution in [-0.4, -0.2) is 12.1 Å².